The summed E-state index contributed by atoms with van der Waals surface area (Å²) in [5.74, 6) is 0.875. The van der Waals surface area contributed by atoms with Gasteiger partial charge in [-0.3, -0.25) is 4.57 Å². The number of rotatable bonds is 8. The number of fused-ring (bicyclic) bond motifs is 3. The fraction of sp³-hybridized carbons (Fsp3) is 0. The predicted octanol–water partition coefficient (Wildman–Crippen LogP) is 13.4. The molecule has 55 heavy (non-hydrogen) atoms. The number of aromatic nitrogens is 3. The smallest absolute Gasteiger partial charge is 0.145 e. The van der Waals surface area contributed by atoms with Gasteiger partial charge >= 0.3 is 0 Å². The van der Waals surface area contributed by atoms with Crippen LogP contribution in [0.1, 0.15) is 0 Å². The molecular weight excluding hydrogens is 669 g/mol. The minimum absolute atomic E-state index is 0.875. The molecule has 0 aliphatic heterocycles. The van der Waals surface area contributed by atoms with Crippen LogP contribution in [0.15, 0.2) is 218 Å². The molecule has 0 aliphatic carbocycles. The summed E-state index contributed by atoms with van der Waals surface area (Å²) in [4.78, 5) is 7.78. The normalized spacial score (nSPS) is 11.3. The van der Waals surface area contributed by atoms with Gasteiger partial charge in [-0.2, -0.15) is 0 Å². The Balaban J connectivity index is 1.16. The zero-order valence-electron chi connectivity index (χ0n) is 30.1. The molecule has 2 aromatic heterocycles. The van der Waals surface area contributed by atoms with E-state index in [1.807, 2.05) is 0 Å². The van der Waals surface area contributed by atoms with Crippen molar-refractivity contribution in [2.24, 2.45) is 0 Å². The lowest BCUT2D eigenvalue weighted by atomic mass is 10.0. The molecule has 0 saturated heterocycles. The van der Waals surface area contributed by atoms with Crippen molar-refractivity contribution >= 4 is 38.9 Å². The van der Waals surface area contributed by atoms with Crippen LogP contribution < -0.4 is 4.90 Å². The summed E-state index contributed by atoms with van der Waals surface area (Å²) in [7, 11) is 0. The molecule has 0 amide bonds. The third-order valence-corrected chi connectivity index (χ3v) is 10.3. The highest BCUT2D eigenvalue weighted by Crippen LogP contribution is 2.41. The monoisotopic (exact) mass is 704 g/mol. The summed E-state index contributed by atoms with van der Waals surface area (Å²) in [6.45, 7) is 0. The third kappa shape index (κ3) is 5.77. The molecule has 2 heterocycles. The van der Waals surface area contributed by atoms with Gasteiger partial charge in [0.1, 0.15) is 5.82 Å². The lowest BCUT2D eigenvalue weighted by Crippen LogP contribution is -2.09. The summed E-state index contributed by atoms with van der Waals surface area (Å²) < 4.78 is 4.69. The first-order valence-corrected chi connectivity index (χ1v) is 18.6. The summed E-state index contributed by atoms with van der Waals surface area (Å²) in [6, 6.07) is 77.2. The van der Waals surface area contributed by atoms with E-state index in [4.69, 9.17) is 4.98 Å². The van der Waals surface area contributed by atoms with Crippen LogP contribution in [-0.4, -0.2) is 14.1 Å². The van der Waals surface area contributed by atoms with Crippen molar-refractivity contribution in [3.05, 3.63) is 218 Å². The molecular formula is C51H36N4. The van der Waals surface area contributed by atoms with E-state index in [9.17, 15) is 0 Å². The maximum atomic E-state index is 5.49. The van der Waals surface area contributed by atoms with Crippen LogP contribution in [0, 0.1) is 0 Å². The molecule has 0 radical (unpaired) electrons. The van der Waals surface area contributed by atoms with E-state index < -0.39 is 0 Å². The molecule has 0 bridgehead atoms. The van der Waals surface area contributed by atoms with Crippen molar-refractivity contribution in [1.29, 1.82) is 0 Å². The second kappa shape index (κ2) is 13.8. The number of anilines is 3. The Kier molecular flexibility index (Phi) is 8.12. The van der Waals surface area contributed by atoms with E-state index in [-0.39, 0.29) is 0 Å². The number of imidazole rings is 1. The van der Waals surface area contributed by atoms with Crippen LogP contribution in [0.4, 0.5) is 17.1 Å². The summed E-state index contributed by atoms with van der Waals surface area (Å²) in [5.41, 5.74) is 13.0. The van der Waals surface area contributed by atoms with Gasteiger partial charge in [0.05, 0.1) is 22.4 Å². The number of para-hydroxylation sites is 4. The van der Waals surface area contributed by atoms with Gasteiger partial charge in [-0.25, -0.2) is 4.98 Å². The second-order valence-electron chi connectivity index (χ2n) is 13.6. The Bertz CT molecular complexity index is 2780. The molecule has 0 saturated carbocycles. The predicted molar refractivity (Wildman–Crippen MR) is 229 cm³/mol. The third-order valence-electron chi connectivity index (χ3n) is 10.3. The van der Waals surface area contributed by atoms with E-state index in [0.717, 1.165) is 62.3 Å². The second-order valence-corrected chi connectivity index (χ2v) is 13.6. The first kappa shape index (κ1) is 32.2. The van der Waals surface area contributed by atoms with Crippen molar-refractivity contribution in [1.82, 2.24) is 14.1 Å². The van der Waals surface area contributed by atoms with Gasteiger partial charge in [-0.05, 0) is 84.9 Å². The van der Waals surface area contributed by atoms with Crippen molar-refractivity contribution in [2.45, 2.75) is 0 Å². The molecule has 0 fully saturated rings. The summed E-state index contributed by atoms with van der Waals surface area (Å²) in [6.07, 6.45) is 0. The molecule has 0 unspecified atom stereocenters. The SMILES string of the molecule is c1ccc(-c2nc(-c3ccc(N(c4ccccc4)c4ccccc4)cc3)n(-c3ccc(-n4c5ccccc5c5ccccc54)cc3)c2-c2ccccc2)cc1. The summed E-state index contributed by atoms with van der Waals surface area (Å²) >= 11 is 0. The van der Waals surface area contributed by atoms with Crippen LogP contribution in [0.5, 0.6) is 0 Å². The topological polar surface area (TPSA) is 26.0 Å². The van der Waals surface area contributed by atoms with Gasteiger partial charge in [0.15, 0.2) is 0 Å². The van der Waals surface area contributed by atoms with Gasteiger partial charge in [-0.1, -0.05) is 133 Å². The van der Waals surface area contributed by atoms with Gasteiger partial charge in [0.2, 0.25) is 0 Å². The Morgan fingerprint density at radius 3 is 1.27 bits per heavy atom. The maximum absolute atomic E-state index is 5.49. The van der Waals surface area contributed by atoms with Crippen molar-refractivity contribution < 1.29 is 0 Å². The van der Waals surface area contributed by atoms with E-state index >= 15 is 0 Å². The van der Waals surface area contributed by atoms with Gasteiger partial charge in [-0.15, -0.1) is 0 Å². The average Bonchev–Trinajstić information content (AvgIpc) is 3.83. The molecule has 4 nitrogen and oxygen atoms in total. The Morgan fingerprint density at radius 1 is 0.327 bits per heavy atom. The maximum Gasteiger partial charge on any atom is 0.145 e. The van der Waals surface area contributed by atoms with E-state index in [0.29, 0.717) is 0 Å². The highest BCUT2D eigenvalue weighted by atomic mass is 15.1. The van der Waals surface area contributed by atoms with Crippen LogP contribution in [-0.2, 0) is 0 Å². The zero-order chi connectivity index (χ0) is 36.6. The molecule has 0 spiro atoms. The summed E-state index contributed by atoms with van der Waals surface area (Å²) in [5, 5.41) is 2.50. The van der Waals surface area contributed by atoms with E-state index in [1.165, 1.54) is 21.8 Å². The molecule has 260 valence electrons. The molecule has 4 heteroatoms. The highest BCUT2D eigenvalue weighted by molar-refractivity contribution is 6.09. The fourth-order valence-electron chi connectivity index (χ4n) is 7.84. The Labute approximate surface area is 320 Å². The lowest BCUT2D eigenvalue weighted by Gasteiger charge is -2.25. The molecule has 0 aliphatic rings. The largest absolute Gasteiger partial charge is 0.311 e. The number of nitrogens with zero attached hydrogens (tertiary/aromatic N) is 4. The standard InChI is InChI=1S/C51H36N4/c1-5-17-37(18-6-1)49-50(38-19-7-2-8-20-38)55(44-35-33-43(34-36-44)54-47-27-15-13-25-45(47)46-26-14-16-28-48(46)54)51(52-49)39-29-31-42(32-30-39)53(40-21-9-3-10-22-40)41-23-11-4-12-24-41/h1-36H. The van der Waals surface area contributed by atoms with Gasteiger partial charge in [0, 0.05) is 55.9 Å². The number of benzene rings is 8. The molecule has 10 rings (SSSR count). The van der Waals surface area contributed by atoms with Crippen molar-refractivity contribution in [2.75, 3.05) is 4.90 Å². The van der Waals surface area contributed by atoms with E-state index in [1.54, 1.807) is 0 Å². The zero-order valence-corrected chi connectivity index (χ0v) is 30.1. The molecule has 8 aromatic carbocycles. The number of hydrogen-bond acceptors (Lipinski definition) is 2. The quantitative estimate of drug-likeness (QED) is 0.157. The molecule has 0 N–H and O–H groups in total. The number of hydrogen-bond donors (Lipinski definition) is 0. The fourth-order valence-corrected chi connectivity index (χ4v) is 7.84. The Morgan fingerprint density at radius 2 is 0.745 bits per heavy atom. The Hall–Kier alpha value is -7.43. The first-order valence-electron chi connectivity index (χ1n) is 18.6. The van der Waals surface area contributed by atoms with Gasteiger partial charge in [0.25, 0.3) is 0 Å². The minimum atomic E-state index is 0.875. The first-order chi connectivity index (χ1) is 27.3. The van der Waals surface area contributed by atoms with Crippen LogP contribution in [0.25, 0.3) is 67.1 Å². The van der Waals surface area contributed by atoms with Crippen LogP contribution >= 0.6 is 0 Å². The molecule has 0 atom stereocenters. The van der Waals surface area contributed by atoms with Crippen molar-refractivity contribution in [3.8, 4) is 45.3 Å². The van der Waals surface area contributed by atoms with Gasteiger partial charge < -0.3 is 9.47 Å². The van der Waals surface area contributed by atoms with Crippen LogP contribution in [0.3, 0.4) is 0 Å². The lowest BCUT2D eigenvalue weighted by molar-refractivity contribution is 1.07. The van der Waals surface area contributed by atoms with E-state index in [2.05, 4.69) is 232 Å². The minimum Gasteiger partial charge on any atom is -0.311 e. The van der Waals surface area contributed by atoms with Crippen LogP contribution in [0.2, 0.25) is 0 Å². The molecule has 10 aromatic rings. The van der Waals surface area contributed by atoms with Crippen molar-refractivity contribution in [3.63, 3.8) is 0 Å². The highest BCUT2D eigenvalue weighted by Gasteiger charge is 2.23. The average molecular weight is 705 g/mol.